The van der Waals surface area contributed by atoms with Crippen LogP contribution in [0, 0.1) is 13.8 Å². The zero-order valence-electron chi connectivity index (χ0n) is 18.0. The number of ketones is 1. The minimum atomic E-state index is -0.790. The SMILES string of the molecule is COCCN1C(=O)C(=O)/C(=C(/O)c2cc(C)ccc2C)C1c1ccc(OC(C)=O)cc1. The van der Waals surface area contributed by atoms with Gasteiger partial charge in [0.2, 0.25) is 0 Å². The maximum absolute atomic E-state index is 13.0. The van der Waals surface area contributed by atoms with E-state index in [0.717, 1.165) is 11.1 Å². The largest absolute Gasteiger partial charge is 0.507 e. The Bertz CT molecular complexity index is 1050. The molecule has 1 aliphatic heterocycles. The number of carbonyl (C=O) groups excluding carboxylic acids is 3. The summed E-state index contributed by atoms with van der Waals surface area (Å²) in [6, 6.07) is 11.3. The predicted molar refractivity (Wildman–Crippen MR) is 115 cm³/mol. The van der Waals surface area contributed by atoms with Gasteiger partial charge in [0.1, 0.15) is 11.5 Å². The fraction of sp³-hybridized carbons (Fsp3) is 0.292. The Balaban J connectivity index is 2.15. The van der Waals surface area contributed by atoms with Gasteiger partial charge in [0.15, 0.2) is 0 Å². The third kappa shape index (κ3) is 4.51. The lowest BCUT2D eigenvalue weighted by Crippen LogP contribution is -2.32. The maximum Gasteiger partial charge on any atom is 0.308 e. The molecule has 1 N–H and O–H groups in total. The van der Waals surface area contributed by atoms with E-state index in [2.05, 4.69) is 0 Å². The average Bonchev–Trinajstić information content (AvgIpc) is 2.98. The van der Waals surface area contributed by atoms with Crippen molar-refractivity contribution in [2.75, 3.05) is 20.3 Å². The molecular weight excluding hydrogens is 398 g/mol. The second kappa shape index (κ2) is 9.14. The summed E-state index contributed by atoms with van der Waals surface area (Å²) < 4.78 is 10.2. The van der Waals surface area contributed by atoms with Crippen LogP contribution in [-0.4, -0.2) is 47.9 Å². The third-order valence-corrected chi connectivity index (χ3v) is 5.18. The second-order valence-corrected chi connectivity index (χ2v) is 7.47. The molecule has 0 bridgehead atoms. The van der Waals surface area contributed by atoms with E-state index >= 15 is 0 Å². The van der Waals surface area contributed by atoms with E-state index in [-0.39, 0.29) is 24.5 Å². The maximum atomic E-state index is 13.0. The second-order valence-electron chi connectivity index (χ2n) is 7.47. The fourth-order valence-electron chi connectivity index (χ4n) is 3.67. The molecule has 3 rings (SSSR count). The van der Waals surface area contributed by atoms with Crippen LogP contribution >= 0.6 is 0 Å². The average molecular weight is 423 g/mol. The number of methoxy groups -OCH3 is 1. The van der Waals surface area contributed by atoms with Gasteiger partial charge in [-0.2, -0.15) is 0 Å². The molecule has 1 atom stereocenters. The lowest BCUT2D eigenvalue weighted by molar-refractivity contribution is -0.140. The monoisotopic (exact) mass is 423 g/mol. The Morgan fingerprint density at radius 1 is 1.10 bits per heavy atom. The van der Waals surface area contributed by atoms with Crippen LogP contribution in [0.2, 0.25) is 0 Å². The highest BCUT2D eigenvalue weighted by molar-refractivity contribution is 6.46. The molecule has 2 aromatic carbocycles. The van der Waals surface area contributed by atoms with Gasteiger partial charge in [-0.25, -0.2) is 0 Å². The third-order valence-electron chi connectivity index (χ3n) is 5.18. The number of aliphatic hydroxyl groups excluding tert-OH is 1. The van der Waals surface area contributed by atoms with Crippen LogP contribution in [0.5, 0.6) is 5.75 Å². The van der Waals surface area contributed by atoms with Crippen molar-refractivity contribution in [3.8, 4) is 5.75 Å². The molecule has 1 aliphatic rings. The molecule has 1 amide bonds. The van der Waals surface area contributed by atoms with Gasteiger partial charge in [-0.15, -0.1) is 0 Å². The van der Waals surface area contributed by atoms with Crippen molar-refractivity contribution in [3.05, 3.63) is 70.3 Å². The number of aliphatic hydroxyl groups is 1. The predicted octanol–water partition coefficient (Wildman–Crippen LogP) is 3.30. The number of benzene rings is 2. The summed E-state index contributed by atoms with van der Waals surface area (Å²) >= 11 is 0. The molecule has 0 radical (unpaired) electrons. The van der Waals surface area contributed by atoms with Gasteiger partial charge in [-0.3, -0.25) is 14.4 Å². The van der Waals surface area contributed by atoms with E-state index in [9.17, 15) is 19.5 Å². The Morgan fingerprint density at radius 3 is 2.39 bits per heavy atom. The topological polar surface area (TPSA) is 93.1 Å². The number of hydrogen-bond acceptors (Lipinski definition) is 6. The normalized spacial score (nSPS) is 17.8. The molecule has 1 fully saturated rings. The molecule has 1 saturated heterocycles. The van der Waals surface area contributed by atoms with E-state index in [4.69, 9.17) is 9.47 Å². The number of Topliss-reactive ketones (excluding diaryl/α,β-unsaturated/α-hetero) is 1. The van der Waals surface area contributed by atoms with Gasteiger partial charge in [-0.1, -0.05) is 29.8 Å². The van der Waals surface area contributed by atoms with Crippen molar-refractivity contribution in [2.45, 2.75) is 26.8 Å². The number of aryl methyl sites for hydroxylation is 2. The molecule has 1 unspecified atom stereocenters. The van der Waals surface area contributed by atoms with Crippen molar-refractivity contribution >= 4 is 23.4 Å². The van der Waals surface area contributed by atoms with Crippen LogP contribution in [0.25, 0.3) is 5.76 Å². The van der Waals surface area contributed by atoms with E-state index in [1.165, 1.54) is 18.9 Å². The van der Waals surface area contributed by atoms with Crippen molar-refractivity contribution in [3.63, 3.8) is 0 Å². The molecule has 0 aliphatic carbocycles. The first-order chi connectivity index (χ1) is 14.7. The molecule has 0 aromatic heterocycles. The molecule has 0 saturated carbocycles. The lowest BCUT2D eigenvalue weighted by atomic mass is 9.93. The van der Waals surface area contributed by atoms with Crippen molar-refractivity contribution in [2.24, 2.45) is 0 Å². The zero-order valence-corrected chi connectivity index (χ0v) is 18.0. The molecule has 7 heteroatoms. The molecule has 162 valence electrons. The number of esters is 1. The summed E-state index contributed by atoms with van der Waals surface area (Å²) in [6.45, 7) is 5.44. The number of carbonyl (C=O) groups is 3. The quantitative estimate of drug-likeness (QED) is 0.252. The van der Waals surface area contributed by atoms with Crippen LogP contribution < -0.4 is 4.74 Å². The molecule has 1 heterocycles. The van der Waals surface area contributed by atoms with Crippen molar-refractivity contribution in [1.29, 1.82) is 0 Å². The summed E-state index contributed by atoms with van der Waals surface area (Å²) in [5, 5.41) is 11.1. The van der Waals surface area contributed by atoms with Crippen molar-refractivity contribution < 1.29 is 29.0 Å². The van der Waals surface area contributed by atoms with Crippen molar-refractivity contribution in [1.82, 2.24) is 4.90 Å². The number of amides is 1. The molecule has 31 heavy (non-hydrogen) atoms. The van der Waals surface area contributed by atoms with Crippen LogP contribution in [0.4, 0.5) is 0 Å². The van der Waals surface area contributed by atoms with Crippen LogP contribution in [0.15, 0.2) is 48.0 Å². The van der Waals surface area contributed by atoms with Gasteiger partial charge in [0.05, 0.1) is 18.2 Å². The molecule has 7 nitrogen and oxygen atoms in total. The zero-order chi connectivity index (χ0) is 22.7. The highest BCUT2D eigenvalue weighted by Gasteiger charge is 2.46. The number of ether oxygens (including phenoxy) is 2. The number of nitrogens with zero attached hydrogens (tertiary/aromatic N) is 1. The number of likely N-dealkylation sites (tertiary alicyclic amines) is 1. The van der Waals surface area contributed by atoms with E-state index in [1.54, 1.807) is 30.3 Å². The highest BCUT2D eigenvalue weighted by atomic mass is 16.5. The fourth-order valence-corrected chi connectivity index (χ4v) is 3.67. The summed E-state index contributed by atoms with van der Waals surface area (Å²) in [5.74, 6) is -1.76. The highest BCUT2D eigenvalue weighted by Crippen LogP contribution is 2.40. The summed E-state index contributed by atoms with van der Waals surface area (Å²) in [6.07, 6.45) is 0. The summed E-state index contributed by atoms with van der Waals surface area (Å²) in [4.78, 5) is 38.4. The Kier molecular flexibility index (Phi) is 6.56. The minimum Gasteiger partial charge on any atom is -0.507 e. The molecular formula is C24H25NO6. The summed E-state index contributed by atoms with van der Waals surface area (Å²) in [7, 11) is 1.51. The Labute approximate surface area is 180 Å². The minimum absolute atomic E-state index is 0.0232. The van der Waals surface area contributed by atoms with E-state index < -0.39 is 23.7 Å². The lowest BCUT2D eigenvalue weighted by Gasteiger charge is -2.25. The van der Waals surface area contributed by atoms with Gasteiger partial charge in [0.25, 0.3) is 11.7 Å². The van der Waals surface area contributed by atoms with Gasteiger partial charge in [0, 0.05) is 26.1 Å². The molecule has 0 spiro atoms. The van der Waals surface area contributed by atoms with E-state index in [0.29, 0.717) is 16.9 Å². The standard InChI is InChI=1S/C24H25NO6/c1-14-5-6-15(2)19(13-14)22(27)20-21(25(11-12-30-4)24(29)23(20)28)17-7-9-18(10-8-17)31-16(3)26/h5-10,13,21,27H,11-12H2,1-4H3/b22-20+. The van der Waals surface area contributed by atoms with E-state index in [1.807, 2.05) is 26.0 Å². The van der Waals surface area contributed by atoms with Crippen LogP contribution in [0.3, 0.4) is 0 Å². The first-order valence-corrected chi connectivity index (χ1v) is 9.88. The van der Waals surface area contributed by atoms with Gasteiger partial charge in [-0.05, 0) is 43.2 Å². The smallest absolute Gasteiger partial charge is 0.308 e. The first kappa shape index (κ1) is 22.2. The number of rotatable bonds is 6. The Morgan fingerprint density at radius 2 is 1.77 bits per heavy atom. The van der Waals surface area contributed by atoms with Crippen LogP contribution in [-0.2, 0) is 19.1 Å². The first-order valence-electron chi connectivity index (χ1n) is 9.88. The van der Waals surface area contributed by atoms with Gasteiger partial charge >= 0.3 is 5.97 Å². The van der Waals surface area contributed by atoms with Gasteiger partial charge < -0.3 is 19.5 Å². The van der Waals surface area contributed by atoms with Crippen LogP contribution in [0.1, 0.15) is 35.2 Å². The summed E-state index contributed by atoms with van der Waals surface area (Å²) in [5.41, 5.74) is 2.84. The number of hydrogen-bond donors (Lipinski definition) is 1. The molecule has 2 aromatic rings. The Hall–Kier alpha value is -3.45.